The standard InChI is InChI=1S/C17H20BrNO2/c1-20-16-6-4-3-5-13(16)11-14(19)9-12-7-8-17(21-2)15(18)10-12/h3-8,10,14H,9,11,19H2,1-2H3. The fourth-order valence-corrected chi connectivity index (χ4v) is 2.95. The zero-order valence-electron chi connectivity index (χ0n) is 12.3. The van der Waals surface area contributed by atoms with Gasteiger partial charge in [0.2, 0.25) is 0 Å². The summed E-state index contributed by atoms with van der Waals surface area (Å²) in [6.45, 7) is 0. The highest BCUT2D eigenvalue weighted by Gasteiger charge is 2.10. The molecule has 0 aliphatic heterocycles. The first-order valence-electron chi connectivity index (χ1n) is 6.84. The van der Waals surface area contributed by atoms with Gasteiger partial charge in [-0.1, -0.05) is 24.3 Å². The summed E-state index contributed by atoms with van der Waals surface area (Å²) in [5.74, 6) is 1.72. The van der Waals surface area contributed by atoms with E-state index in [2.05, 4.69) is 28.1 Å². The van der Waals surface area contributed by atoms with Crippen molar-refractivity contribution < 1.29 is 9.47 Å². The van der Waals surface area contributed by atoms with Gasteiger partial charge < -0.3 is 15.2 Å². The quantitative estimate of drug-likeness (QED) is 0.866. The molecule has 0 aliphatic rings. The van der Waals surface area contributed by atoms with Gasteiger partial charge in [0.15, 0.2) is 0 Å². The van der Waals surface area contributed by atoms with Crippen molar-refractivity contribution in [2.45, 2.75) is 18.9 Å². The van der Waals surface area contributed by atoms with E-state index in [1.165, 1.54) is 5.56 Å². The van der Waals surface area contributed by atoms with Crippen LogP contribution < -0.4 is 15.2 Å². The number of para-hydroxylation sites is 1. The first-order valence-corrected chi connectivity index (χ1v) is 7.63. The molecule has 21 heavy (non-hydrogen) atoms. The number of hydrogen-bond donors (Lipinski definition) is 1. The second kappa shape index (κ2) is 7.48. The van der Waals surface area contributed by atoms with Crippen LogP contribution in [0.3, 0.4) is 0 Å². The molecule has 0 heterocycles. The van der Waals surface area contributed by atoms with Crippen LogP contribution in [0.25, 0.3) is 0 Å². The number of nitrogens with two attached hydrogens (primary N) is 1. The van der Waals surface area contributed by atoms with E-state index in [0.29, 0.717) is 0 Å². The highest BCUT2D eigenvalue weighted by atomic mass is 79.9. The smallest absolute Gasteiger partial charge is 0.133 e. The number of benzene rings is 2. The Morgan fingerprint density at radius 2 is 1.71 bits per heavy atom. The SMILES string of the molecule is COc1ccc(CC(N)Cc2ccccc2OC)cc1Br. The number of ether oxygens (including phenoxy) is 2. The molecule has 2 N–H and O–H groups in total. The Morgan fingerprint density at radius 1 is 1.00 bits per heavy atom. The van der Waals surface area contributed by atoms with Gasteiger partial charge in [-0.2, -0.15) is 0 Å². The zero-order valence-corrected chi connectivity index (χ0v) is 13.9. The number of methoxy groups -OCH3 is 2. The van der Waals surface area contributed by atoms with Gasteiger partial charge in [-0.05, 0) is 58.1 Å². The average Bonchev–Trinajstić information content (AvgIpc) is 2.48. The Labute approximate surface area is 134 Å². The molecule has 3 nitrogen and oxygen atoms in total. The molecule has 0 fully saturated rings. The molecule has 0 saturated carbocycles. The largest absolute Gasteiger partial charge is 0.496 e. The molecule has 2 rings (SSSR count). The Hall–Kier alpha value is -1.52. The molecule has 0 radical (unpaired) electrons. The predicted molar refractivity (Wildman–Crippen MR) is 89.1 cm³/mol. The van der Waals surface area contributed by atoms with Crippen LogP contribution in [0.1, 0.15) is 11.1 Å². The van der Waals surface area contributed by atoms with Crippen molar-refractivity contribution in [1.29, 1.82) is 0 Å². The maximum atomic E-state index is 6.28. The zero-order chi connectivity index (χ0) is 15.2. The van der Waals surface area contributed by atoms with Crippen molar-refractivity contribution in [2.75, 3.05) is 14.2 Å². The summed E-state index contributed by atoms with van der Waals surface area (Å²) in [6, 6.07) is 14.1. The molecule has 4 heteroatoms. The molecule has 2 aromatic rings. The van der Waals surface area contributed by atoms with Gasteiger partial charge in [-0.25, -0.2) is 0 Å². The number of hydrogen-bond acceptors (Lipinski definition) is 3. The first-order chi connectivity index (χ1) is 10.1. The summed E-state index contributed by atoms with van der Waals surface area (Å²) in [5, 5.41) is 0. The molecule has 0 bridgehead atoms. The van der Waals surface area contributed by atoms with Crippen LogP contribution in [-0.2, 0) is 12.8 Å². The van der Waals surface area contributed by atoms with Crippen LogP contribution in [0, 0.1) is 0 Å². The Balaban J connectivity index is 2.04. The Morgan fingerprint density at radius 3 is 2.38 bits per heavy atom. The summed E-state index contributed by atoms with van der Waals surface area (Å²) in [6.07, 6.45) is 1.59. The summed E-state index contributed by atoms with van der Waals surface area (Å²) < 4.78 is 11.6. The summed E-state index contributed by atoms with van der Waals surface area (Å²) in [4.78, 5) is 0. The van der Waals surface area contributed by atoms with Gasteiger partial charge in [0.1, 0.15) is 11.5 Å². The summed E-state index contributed by atoms with van der Waals surface area (Å²) >= 11 is 3.50. The van der Waals surface area contributed by atoms with E-state index < -0.39 is 0 Å². The van der Waals surface area contributed by atoms with Crippen LogP contribution in [0.2, 0.25) is 0 Å². The van der Waals surface area contributed by atoms with Gasteiger partial charge in [-0.15, -0.1) is 0 Å². The van der Waals surface area contributed by atoms with Gasteiger partial charge >= 0.3 is 0 Å². The van der Waals surface area contributed by atoms with E-state index in [-0.39, 0.29) is 6.04 Å². The van der Waals surface area contributed by atoms with Gasteiger partial charge in [0, 0.05) is 6.04 Å². The summed E-state index contributed by atoms with van der Waals surface area (Å²) in [5.41, 5.74) is 8.60. The van der Waals surface area contributed by atoms with Crippen molar-refractivity contribution >= 4 is 15.9 Å². The minimum absolute atomic E-state index is 0.0431. The molecule has 0 saturated heterocycles. The molecule has 0 amide bonds. The molecular formula is C17H20BrNO2. The Bertz CT molecular complexity index is 601. The second-order valence-electron chi connectivity index (χ2n) is 4.95. The third-order valence-corrected chi connectivity index (χ3v) is 4.01. The predicted octanol–water partition coefficient (Wildman–Crippen LogP) is 3.58. The number of halogens is 1. The molecular weight excluding hydrogens is 330 g/mol. The lowest BCUT2D eigenvalue weighted by atomic mass is 9.99. The third-order valence-electron chi connectivity index (χ3n) is 3.39. The fourth-order valence-electron chi connectivity index (χ4n) is 2.37. The minimum atomic E-state index is 0.0431. The monoisotopic (exact) mass is 349 g/mol. The van der Waals surface area contributed by atoms with E-state index >= 15 is 0 Å². The first kappa shape index (κ1) is 15.9. The normalized spacial score (nSPS) is 12.0. The van der Waals surface area contributed by atoms with E-state index in [1.807, 2.05) is 30.3 Å². The van der Waals surface area contributed by atoms with E-state index in [4.69, 9.17) is 15.2 Å². The molecule has 0 aromatic heterocycles. The maximum Gasteiger partial charge on any atom is 0.133 e. The van der Waals surface area contributed by atoms with Crippen molar-refractivity contribution in [3.8, 4) is 11.5 Å². The molecule has 0 spiro atoms. The van der Waals surface area contributed by atoms with Crippen molar-refractivity contribution in [2.24, 2.45) is 5.73 Å². The Kier molecular flexibility index (Phi) is 5.65. The van der Waals surface area contributed by atoms with Crippen molar-refractivity contribution in [3.63, 3.8) is 0 Å². The lowest BCUT2D eigenvalue weighted by Gasteiger charge is -2.15. The van der Waals surface area contributed by atoms with Crippen LogP contribution in [0.4, 0.5) is 0 Å². The molecule has 1 atom stereocenters. The molecule has 2 aromatic carbocycles. The van der Waals surface area contributed by atoms with E-state index in [1.54, 1.807) is 14.2 Å². The van der Waals surface area contributed by atoms with Gasteiger partial charge in [0.05, 0.1) is 18.7 Å². The van der Waals surface area contributed by atoms with Crippen LogP contribution in [-0.4, -0.2) is 20.3 Å². The van der Waals surface area contributed by atoms with Gasteiger partial charge in [0.25, 0.3) is 0 Å². The van der Waals surface area contributed by atoms with Crippen LogP contribution in [0.15, 0.2) is 46.9 Å². The van der Waals surface area contributed by atoms with Gasteiger partial charge in [-0.3, -0.25) is 0 Å². The maximum absolute atomic E-state index is 6.28. The highest BCUT2D eigenvalue weighted by Crippen LogP contribution is 2.26. The van der Waals surface area contributed by atoms with Crippen LogP contribution >= 0.6 is 15.9 Å². The highest BCUT2D eigenvalue weighted by molar-refractivity contribution is 9.10. The molecule has 0 aliphatic carbocycles. The number of rotatable bonds is 6. The third kappa shape index (κ3) is 4.22. The van der Waals surface area contributed by atoms with E-state index in [0.717, 1.165) is 34.4 Å². The van der Waals surface area contributed by atoms with Crippen molar-refractivity contribution in [1.82, 2.24) is 0 Å². The lowest BCUT2D eigenvalue weighted by Crippen LogP contribution is -2.25. The fraction of sp³-hybridized carbons (Fsp3) is 0.294. The molecule has 1 unspecified atom stereocenters. The lowest BCUT2D eigenvalue weighted by molar-refractivity contribution is 0.407. The second-order valence-corrected chi connectivity index (χ2v) is 5.80. The topological polar surface area (TPSA) is 44.5 Å². The van der Waals surface area contributed by atoms with Crippen LogP contribution in [0.5, 0.6) is 11.5 Å². The summed E-state index contributed by atoms with van der Waals surface area (Å²) in [7, 11) is 3.35. The van der Waals surface area contributed by atoms with E-state index in [9.17, 15) is 0 Å². The average molecular weight is 350 g/mol. The molecule has 112 valence electrons. The van der Waals surface area contributed by atoms with Crippen molar-refractivity contribution in [3.05, 3.63) is 58.1 Å². The minimum Gasteiger partial charge on any atom is -0.496 e.